The SMILES string of the molecule is COC[C@@H](C)N1C[C@@H](C(=O)N2CCN(Cc3ccc4c(c3)OCO4)CC2)CC1=O. The first-order chi connectivity index (χ1) is 14.0. The summed E-state index contributed by atoms with van der Waals surface area (Å²) < 4.78 is 16.0. The molecule has 1 aromatic rings. The molecule has 0 unspecified atom stereocenters. The largest absolute Gasteiger partial charge is 0.454 e. The highest BCUT2D eigenvalue weighted by Gasteiger charge is 2.39. The molecule has 4 rings (SSSR count). The molecule has 0 aliphatic carbocycles. The van der Waals surface area contributed by atoms with Crippen LogP contribution in [0.15, 0.2) is 18.2 Å². The second-order valence-corrected chi connectivity index (χ2v) is 8.04. The Bertz CT molecular complexity index is 763. The smallest absolute Gasteiger partial charge is 0.231 e. The van der Waals surface area contributed by atoms with E-state index in [0.29, 0.717) is 32.7 Å². The van der Waals surface area contributed by atoms with E-state index in [2.05, 4.69) is 11.0 Å². The van der Waals surface area contributed by atoms with Crippen molar-refractivity contribution in [1.29, 1.82) is 0 Å². The molecule has 3 heterocycles. The lowest BCUT2D eigenvalue weighted by Crippen LogP contribution is -2.50. The average molecular weight is 403 g/mol. The van der Waals surface area contributed by atoms with E-state index in [0.717, 1.165) is 31.1 Å². The summed E-state index contributed by atoms with van der Waals surface area (Å²) in [5.41, 5.74) is 1.18. The molecule has 29 heavy (non-hydrogen) atoms. The maximum atomic E-state index is 12.9. The van der Waals surface area contributed by atoms with Gasteiger partial charge in [0, 0.05) is 52.8 Å². The van der Waals surface area contributed by atoms with Crippen LogP contribution >= 0.6 is 0 Å². The third kappa shape index (κ3) is 4.33. The fraction of sp³-hybridized carbons (Fsp3) is 0.619. The number of benzene rings is 1. The number of hydrogen-bond donors (Lipinski definition) is 0. The number of methoxy groups -OCH3 is 1. The van der Waals surface area contributed by atoms with Crippen molar-refractivity contribution in [3.63, 3.8) is 0 Å². The zero-order valence-electron chi connectivity index (χ0n) is 17.1. The van der Waals surface area contributed by atoms with Crippen molar-refractivity contribution < 1.29 is 23.8 Å². The Morgan fingerprint density at radius 2 is 1.97 bits per heavy atom. The zero-order valence-corrected chi connectivity index (χ0v) is 17.1. The van der Waals surface area contributed by atoms with Crippen molar-refractivity contribution >= 4 is 11.8 Å². The fourth-order valence-corrected chi connectivity index (χ4v) is 4.34. The van der Waals surface area contributed by atoms with Crippen LogP contribution in [-0.2, 0) is 20.9 Å². The van der Waals surface area contributed by atoms with E-state index >= 15 is 0 Å². The highest BCUT2D eigenvalue weighted by Crippen LogP contribution is 2.33. The molecule has 8 nitrogen and oxygen atoms in total. The molecule has 0 aromatic heterocycles. The van der Waals surface area contributed by atoms with Crippen LogP contribution in [0.25, 0.3) is 0 Å². The minimum Gasteiger partial charge on any atom is -0.454 e. The van der Waals surface area contributed by atoms with Crippen LogP contribution < -0.4 is 9.47 Å². The second kappa shape index (κ2) is 8.59. The second-order valence-electron chi connectivity index (χ2n) is 8.04. The first-order valence-electron chi connectivity index (χ1n) is 10.2. The van der Waals surface area contributed by atoms with Gasteiger partial charge in [0.2, 0.25) is 18.6 Å². The molecular formula is C21H29N3O5. The Morgan fingerprint density at radius 1 is 1.21 bits per heavy atom. The first-order valence-corrected chi connectivity index (χ1v) is 10.2. The van der Waals surface area contributed by atoms with Crippen LogP contribution in [0.1, 0.15) is 18.9 Å². The molecule has 158 valence electrons. The number of piperazine rings is 1. The molecule has 2 amide bonds. The molecule has 3 aliphatic heterocycles. The number of nitrogens with zero attached hydrogens (tertiary/aromatic N) is 3. The van der Waals surface area contributed by atoms with E-state index in [4.69, 9.17) is 14.2 Å². The van der Waals surface area contributed by atoms with Gasteiger partial charge >= 0.3 is 0 Å². The first kappa shape index (κ1) is 20.0. The Balaban J connectivity index is 1.27. The van der Waals surface area contributed by atoms with Crippen molar-refractivity contribution in [2.75, 3.05) is 53.2 Å². The van der Waals surface area contributed by atoms with E-state index < -0.39 is 0 Å². The van der Waals surface area contributed by atoms with E-state index in [1.807, 2.05) is 24.0 Å². The molecule has 2 atom stereocenters. The van der Waals surface area contributed by atoms with Gasteiger partial charge in [0.15, 0.2) is 11.5 Å². The van der Waals surface area contributed by atoms with E-state index in [1.54, 1.807) is 12.0 Å². The number of amides is 2. The number of likely N-dealkylation sites (tertiary alicyclic amines) is 1. The maximum absolute atomic E-state index is 12.9. The summed E-state index contributed by atoms with van der Waals surface area (Å²) >= 11 is 0. The van der Waals surface area contributed by atoms with Crippen LogP contribution in [0.5, 0.6) is 11.5 Å². The fourth-order valence-electron chi connectivity index (χ4n) is 4.34. The van der Waals surface area contributed by atoms with Crippen molar-refractivity contribution in [2.45, 2.75) is 25.9 Å². The van der Waals surface area contributed by atoms with Gasteiger partial charge in [-0.05, 0) is 24.6 Å². The van der Waals surface area contributed by atoms with Gasteiger partial charge in [0.05, 0.1) is 18.6 Å². The van der Waals surface area contributed by atoms with Crippen LogP contribution in [-0.4, -0.2) is 85.8 Å². The van der Waals surface area contributed by atoms with Crippen LogP contribution in [0.2, 0.25) is 0 Å². The molecule has 0 bridgehead atoms. The lowest BCUT2D eigenvalue weighted by atomic mass is 10.1. The molecule has 3 aliphatic rings. The normalized spacial score (nSPS) is 23.0. The lowest BCUT2D eigenvalue weighted by Gasteiger charge is -2.36. The van der Waals surface area contributed by atoms with Crippen LogP contribution in [0.3, 0.4) is 0 Å². The maximum Gasteiger partial charge on any atom is 0.231 e. The lowest BCUT2D eigenvalue weighted by molar-refractivity contribution is -0.137. The molecule has 0 radical (unpaired) electrons. The van der Waals surface area contributed by atoms with Crippen molar-refractivity contribution in [2.24, 2.45) is 5.92 Å². The van der Waals surface area contributed by atoms with Crippen LogP contribution in [0.4, 0.5) is 0 Å². The Morgan fingerprint density at radius 3 is 2.72 bits per heavy atom. The molecule has 2 saturated heterocycles. The molecular weight excluding hydrogens is 374 g/mol. The summed E-state index contributed by atoms with van der Waals surface area (Å²) in [5, 5.41) is 0. The number of carbonyl (C=O) groups excluding carboxylic acids is 2. The third-order valence-corrected chi connectivity index (χ3v) is 5.97. The predicted octanol–water partition coefficient (Wildman–Crippen LogP) is 0.943. The minimum atomic E-state index is -0.234. The van der Waals surface area contributed by atoms with E-state index in [-0.39, 0.29) is 30.6 Å². The summed E-state index contributed by atoms with van der Waals surface area (Å²) in [7, 11) is 1.63. The molecule has 0 N–H and O–H groups in total. The topological polar surface area (TPSA) is 71.6 Å². The number of rotatable bonds is 6. The average Bonchev–Trinajstić information content (AvgIpc) is 3.34. The predicted molar refractivity (Wildman–Crippen MR) is 106 cm³/mol. The van der Waals surface area contributed by atoms with Gasteiger partial charge < -0.3 is 24.0 Å². The van der Waals surface area contributed by atoms with Crippen molar-refractivity contribution in [3.8, 4) is 11.5 Å². The Labute approximate surface area is 171 Å². The number of carbonyl (C=O) groups is 2. The number of fused-ring (bicyclic) bond motifs is 1. The number of ether oxygens (including phenoxy) is 3. The van der Waals surface area contributed by atoms with Gasteiger partial charge in [-0.2, -0.15) is 0 Å². The zero-order chi connectivity index (χ0) is 20.4. The van der Waals surface area contributed by atoms with Gasteiger partial charge in [-0.3, -0.25) is 14.5 Å². The third-order valence-electron chi connectivity index (χ3n) is 5.97. The van der Waals surface area contributed by atoms with Crippen molar-refractivity contribution in [3.05, 3.63) is 23.8 Å². The molecule has 2 fully saturated rings. The van der Waals surface area contributed by atoms with Gasteiger partial charge in [0.25, 0.3) is 0 Å². The number of hydrogen-bond acceptors (Lipinski definition) is 6. The van der Waals surface area contributed by atoms with Gasteiger partial charge in [-0.25, -0.2) is 0 Å². The molecule has 0 saturated carbocycles. The summed E-state index contributed by atoms with van der Waals surface area (Å²) in [6.45, 7) is 7.10. The molecule has 0 spiro atoms. The highest BCUT2D eigenvalue weighted by atomic mass is 16.7. The summed E-state index contributed by atoms with van der Waals surface area (Å²) in [4.78, 5) is 31.3. The molecule has 8 heteroatoms. The van der Waals surface area contributed by atoms with E-state index in [1.165, 1.54) is 5.56 Å². The van der Waals surface area contributed by atoms with Gasteiger partial charge in [-0.15, -0.1) is 0 Å². The highest BCUT2D eigenvalue weighted by molar-refractivity contribution is 5.89. The summed E-state index contributed by atoms with van der Waals surface area (Å²) in [6.07, 6.45) is 0.310. The van der Waals surface area contributed by atoms with Gasteiger partial charge in [-0.1, -0.05) is 6.07 Å². The Hall–Kier alpha value is -2.32. The van der Waals surface area contributed by atoms with E-state index in [9.17, 15) is 9.59 Å². The van der Waals surface area contributed by atoms with Gasteiger partial charge in [0.1, 0.15) is 0 Å². The minimum absolute atomic E-state index is 0.00356. The summed E-state index contributed by atoms with van der Waals surface area (Å²) in [6, 6.07) is 6.04. The van der Waals surface area contributed by atoms with Crippen molar-refractivity contribution in [1.82, 2.24) is 14.7 Å². The quantitative estimate of drug-likeness (QED) is 0.704. The monoisotopic (exact) mass is 403 g/mol. The van der Waals surface area contributed by atoms with Crippen LogP contribution in [0, 0.1) is 5.92 Å². The summed E-state index contributed by atoms with van der Waals surface area (Å²) in [5.74, 6) is 1.52. The molecule has 1 aromatic carbocycles. The standard InChI is InChI=1S/C21H29N3O5/c1-15(13-27-2)24-12-17(10-20(24)25)21(26)23-7-5-22(6-8-23)11-16-3-4-18-19(9-16)29-14-28-18/h3-4,9,15,17H,5-8,10-14H2,1-2H3/t15-,17+/m1/s1. The Kier molecular flexibility index (Phi) is 5.91.